The summed E-state index contributed by atoms with van der Waals surface area (Å²) in [5.41, 5.74) is 0.768. The van der Waals surface area contributed by atoms with Gasteiger partial charge >= 0.3 is 0 Å². The topological polar surface area (TPSA) is 17.1 Å². The van der Waals surface area contributed by atoms with E-state index in [0.29, 0.717) is 0 Å². The molecule has 1 atom stereocenters. The number of allylic oxidation sites excluding steroid dienone is 2. The Hall–Kier alpha value is -1.44. The molecule has 0 aromatic heterocycles. The van der Waals surface area contributed by atoms with Crippen molar-refractivity contribution >= 4 is 6.29 Å². The van der Waals surface area contributed by atoms with E-state index >= 15 is 0 Å². The standard InChI is InChI=1S/C16H21FO/c1-2-3-4-9-14(10-7-8-13-18)15-11-5-6-12-16(15)17/h5-8,11-14H,2-4,9-10H2,1H3/b8-7+. The Morgan fingerprint density at radius 3 is 2.72 bits per heavy atom. The minimum Gasteiger partial charge on any atom is -0.299 e. The Balaban J connectivity index is 2.72. The second-order valence-electron chi connectivity index (χ2n) is 4.51. The highest BCUT2D eigenvalue weighted by atomic mass is 19.1. The van der Waals surface area contributed by atoms with E-state index in [4.69, 9.17) is 0 Å². The van der Waals surface area contributed by atoms with Crippen LogP contribution in [0.2, 0.25) is 0 Å². The van der Waals surface area contributed by atoms with Gasteiger partial charge in [-0.15, -0.1) is 0 Å². The number of benzene rings is 1. The fourth-order valence-electron chi connectivity index (χ4n) is 2.15. The molecule has 1 nitrogen and oxygen atoms in total. The molecule has 1 unspecified atom stereocenters. The van der Waals surface area contributed by atoms with Crippen molar-refractivity contribution in [3.8, 4) is 0 Å². The fourth-order valence-corrected chi connectivity index (χ4v) is 2.15. The van der Waals surface area contributed by atoms with Gasteiger partial charge in [0.25, 0.3) is 0 Å². The maximum absolute atomic E-state index is 13.8. The summed E-state index contributed by atoms with van der Waals surface area (Å²) in [7, 11) is 0. The Labute approximate surface area is 109 Å². The molecule has 0 bridgehead atoms. The smallest absolute Gasteiger partial charge is 0.142 e. The summed E-state index contributed by atoms with van der Waals surface area (Å²) in [5, 5.41) is 0. The largest absolute Gasteiger partial charge is 0.299 e. The predicted octanol–water partition coefficient (Wildman–Crippen LogP) is 4.63. The Morgan fingerprint density at radius 2 is 2.06 bits per heavy atom. The van der Waals surface area contributed by atoms with Gasteiger partial charge in [0, 0.05) is 0 Å². The molecule has 0 saturated carbocycles. The summed E-state index contributed by atoms with van der Waals surface area (Å²) >= 11 is 0. The van der Waals surface area contributed by atoms with Crippen molar-refractivity contribution in [1.29, 1.82) is 0 Å². The lowest BCUT2D eigenvalue weighted by Crippen LogP contribution is -2.01. The zero-order valence-electron chi connectivity index (χ0n) is 10.9. The van der Waals surface area contributed by atoms with E-state index in [0.717, 1.165) is 37.5 Å². The lowest BCUT2D eigenvalue weighted by Gasteiger charge is -2.16. The number of carbonyl (C=O) groups excluding carboxylic acids is 1. The maximum Gasteiger partial charge on any atom is 0.142 e. The number of rotatable bonds is 8. The monoisotopic (exact) mass is 248 g/mol. The number of unbranched alkanes of at least 4 members (excludes halogenated alkanes) is 2. The second kappa shape index (κ2) is 8.62. The van der Waals surface area contributed by atoms with Crippen LogP contribution in [0.15, 0.2) is 36.4 Å². The summed E-state index contributed by atoms with van der Waals surface area (Å²) < 4.78 is 13.8. The number of hydrogen-bond acceptors (Lipinski definition) is 1. The van der Waals surface area contributed by atoms with Gasteiger partial charge in [-0.1, -0.05) is 50.5 Å². The SMILES string of the molecule is CCCCCC(C/C=C/C=O)c1ccccc1F. The molecule has 1 aromatic rings. The van der Waals surface area contributed by atoms with Gasteiger partial charge in [0.2, 0.25) is 0 Å². The van der Waals surface area contributed by atoms with Crippen molar-refractivity contribution in [1.82, 2.24) is 0 Å². The number of aldehydes is 1. The average Bonchev–Trinajstić information content (AvgIpc) is 2.38. The average molecular weight is 248 g/mol. The molecule has 1 aromatic carbocycles. The van der Waals surface area contributed by atoms with E-state index in [-0.39, 0.29) is 11.7 Å². The van der Waals surface area contributed by atoms with Crippen LogP contribution in [0.25, 0.3) is 0 Å². The minimum atomic E-state index is -0.140. The van der Waals surface area contributed by atoms with Gasteiger partial charge in [0.15, 0.2) is 0 Å². The molecule has 18 heavy (non-hydrogen) atoms. The molecule has 0 amide bonds. The van der Waals surface area contributed by atoms with E-state index < -0.39 is 0 Å². The number of carbonyl (C=O) groups is 1. The molecule has 0 radical (unpaired) electrons. The molecule has 0 fully saturated rings. The molecule has 0 aliphatic rings. The van der Waals surface area contributed by atoms with E-state index in [2.05, 4.69) is 6.92 Å². The lowest BCUT2D eigenvalue weighted by atomic mass is 9.90. The van der Waals surface area contributed by atoms with Crippen LogP contribution in [-0.2, 0) is 4.79 Å². The Kier molecular flexibility index (Phi) is 7.00. The summed E-state index contributed by atoms with van der Waals surface area (Å²) in [4.78, 5) is 10.3. The van der Waals surface area contributed by atoms with Crippen molar-refractivity contribution in [2.45, 2.75) is 44.9 Å². The molecule has 2 heteroatoms. The van der Waals surface area contributed by atoms with Gasteiger partial charge in [-0.05, 0) is 36.5 Å². The first-order valence-corrected chi connectivity index (χ1v) is 6.64. The highest BCUT2D eigenvalue weighted by Crippen LogP contribution is 2.28. The van der Waals surface area contributed by atoms with E-state index in [1.807, 2.05) is 18.2 Å². The number of halogens is 1. The normalized spacial score (nSPS) is 12.8. The van der Waals surface area contributed by atoms with E-state index in [1.165, 1.54) is 18.6 Å². The highest BCUT2D eigenvalue weighted by molar-refractivity contribution is 5.64. The van der Waals surface area contributed by atoms with Crippen LogP contribution in [0.5, 0.6) is 0 Å². The first-order chi connectivity index (χ1) is 8.79. The second-order valence-corrected chi connectivity index (χ2v) is 4.51. The lowest BCUT2D eigenvalue weighted by molar-refractivity contribution is -0.104. The molecule has 0 N–H and O–H groups in total. The van der Waals surface area contributed by atoms with Crippen LogP contribution in [-0.4, -0.2) is 6.29 Å². The van der Waals surface area contributed by atoms with Crippen LogP contribution in [0.4, 0.5) is 4.39 Å². The van der Waals surface area contributed by atoms with Crippen LogP contribution < -0.4 is 0 Å². The molecule has 0 aliphatic heterocycles. The first-order valence-electron chi connectivity index (χ1n) is 6.64. The van der Waals surface area contributed by atoms with Crippen LogP contribution >= 0.6 is 0 Å². The van der Waals surface area contributed by atoms with Crippen molar-refractivity contribution in [3.05, 3.63) is 47.8 Å². The third-order valence-corrected chi connectivity index (χ3v) is 3.14. The van der Waals surface area contributed by atoms with Crippen molar-refractivity contribution in [2.75, 3.05) is 0 Å². The summed E-state index contributed by atoms with van der Waals surface area (Å²) in [6, 6.07) is 6.93. The summed E-state index contributed by atoms with van der Waals surface area (Å²) in [6.45, 7) is 2.16. The van der Waals surface area contributed by atoms with Gasteiger partial charge in [-0.2, -0.15) is 0 Å². The van der Waals surface area contributed by atoms with Crippen molar-refractivity contribution in [2.24, 2.45) is 0 Å². The van der Waals surface area contributed by atoms with Crippen molar-refractivity contribution in [3.63, 3.8) is 0 Å². The van der Waals surface area contributed by atoms with Gasteiger partial charge < -0.3 is 0 Å². The third kappa shape index (κ3) is 4.82. The zero-order valence-corrected chi connectivity index (χ0v) is 10.9. The quantitative estimate of drug-likeness (QED) is 0.372. The molecule has 0 aliphatic carbocycles. The first kappa shape index (κ1) is 14.6. The van der Waals surface area contributed by atoms with Gasteiger partial charge in [-0.25, -0.2) is 4.39 Å². The van der Waals surface area contributed by atoms with Crippen LogP contribution in [0.3, 0.4) is 0 Å². The highest BCUT2D eigenvalue weighted by Gasteiger charge is 2.13. The molecule has 1 rings (SSSR count). The van der Waals surface area contributed by atoms with Gasteiger partial charge in [-0.3, -0.25) is 4.79 Å². The predicted molar refractivity (Wildman–Crippen MR) is 73.1 cm³/mol. The van der Waals surface area contributed by atoms with Crippen molar-refractivity contribution < 1.29 is 9.18 Å². The molecule has 0 spiro atoms. The number of hydrogen-bond donors (Lipinski definition) is 0. The molecule has 0 heterocycles. The summed E-state index contributed by atoms with van der Waals surface area (Å²) in [6.07, 6.45) is 9.22. The molecule has 0 saturated heterocycles. The van der Waals surface area contributed by atoms with E-state index in [1.54, 1.807) is 6.07 Å². The minimum absolute atomic E-state index is 0.140. The molecular weight excluding hydrogens is 227 g/mol. The maximum atomic E-state index is 13.8. The van der Waals surface area contributed by atoms with E-state index in [9.17, 15) is 9.18 Å². The Morgan fingerprint density at radius 1 is 1.28 bits per heavy atom. The molecular formula is C16H21FO. The molecule has 98 valence electrons. The fraction of sp³-hybridized carbons (Fsp3) is 0.438. The van der Waals surface area contributed by atoms with Crippen LogP contribution in [0.1, 0.15) is 50.5 Å². The summed E-state index contributed by atoms with van der Waals surface area (Å²) in [5.74, 6) is 0.0347. The van der Waals surface area contributed by atoms with Gasteiger partial charge in [0.1, 0.15) is 12.1 Å². The third-order valence-electron chi connectivity index (χ3n) is 3.14. The van der Waals surface area contributed by atoms with Gasteiger partial charge in [0.05, 0.1) is 0 Å². The Bertz CT molecular complexity index is 384. The van der Waals surface area contributed by atoms with Crippen LogP contribution in [0, 0.1) is 5.82 Å². The zero-order chi connectivity index (χ0) is 13.2.